The summed E-state index contributed by atoms with van der Waals surface area (Å²) in [5.41, 5.74) is 0. The molecule has 0 spiro atoms. The third kappa shape index (κ3) is 2.13. The summed E-state index contributed by atoms with van der Waals surface area (Å²) in [6.07, 6.45) is 2.31. The van der Waals surface area contributed by atoms with Gasteiger partial charge in [-0.3, -0.25) is 4.79 Å². The predicted octanol–water partition coefficient (Wildman–Crippen LogP) is -0.0475. The van der Waals surface area contributed by atoms with Crippen LogP contribution in [0.4, 0.5) is 0 Å². The maximum absolute atomic E-state index is 11.3. The SMILES string of the molecule is C=C[C@@H](CO)[C@@H]1CCOC(=O)[C@H]1CO. The Morgan fingerprint density at radius 2 is 2.36 bits per heavy atom. The van der Waals surface area contributed by atoms with E-state index < -0.39 is 5.92 Å². The van der Waals surface area contributed by atoms with Crippen LogP contribution < -0.4 is 0 Å². The molecule has 3 atom stereocenters. The normalized spacial score (nSPS) is 29.4. The molecule has 1 rings (SSSR count). The number of esters is 1. The summed E-state index contributed by atoms with van der Waals surface area (Å²) < 4.78 is 4.84. The van der Waals surface area contributed by atoms with Gasteiger partial charge in [-0.2, -0.15) is 0 Å². The van der Waals surface area contributed by atoms with E-state index in [0.717, 1.165) is 0 Å². The Morgan fingerprint density at radius 3 is 2.86 bits per heavy atom. The van der Waals surface area contributed by atoms with Crippen molar-refractivity contribution in [2.75, 3.05) is 19.8 Å². The van der Waals surface area contributed by atoms with Gasteiger partial charge in [0.05, 0.1) is 19.1 Å². The largest absolute Gasteiger partial charge is 0.465 e. The second-order valence-corrected chi connectivity index (χ2v) is 3.49. The van der Waals surface area contributed by atoms with E-state index in [1.54, 1.807) is 6.08 Å². The molecule has 14 heavy (non-hydrogen) atoms. The minimum Gasteiger partial charge on any atom is -0.465 e. The molecule has 0 aromatic rings. The van der Waals surface area contributed by atoms with Crippen LogP contribution in [0.3, 0.4) is 0 Å². The molecule has 4 nitrogen and oxygen atoms in total. The van der Waals surface area contributed by atoms with Crippen LogP contribution >= 0.6 is 0 Å². The number of rotatable bonds is 4. The fourth-order valence-electron chi connectivity index (χ4n) is 1.89. The fraction of sp³-hybridized carbons (Fsp3) is 0.700. The number of cyclic esters (lactones) is 1. The number of hydrogen-bond acceptors (Lipinski definition) is 4. The lowest BCUT2D eigenvalue weighted by Crippen LogP contribution is -2.39. The second kappa shape index (κ2) is 5.12. The van der Waals surface area contributed by atoms with Crippen LogP contribution in [0.1, 0.15) is 6.42 Å². The fourth-order valence-corrected chi connectivity index (χ4v) is 1.89. The number of hydrogen-bond donors (Lipinski definition) is 2. The first-order valence-corrected chi connectivity index (χ1v) is 4.75. The Balaban J connectivity index is 2.72. The molecule has 80 valence electrons. The van der Waals surface area contributed by atoms with Crippen molar-refractivity contribution < 1.29 is 19.7 Å². The first-order valence-electron chi connectivity index (χ1n) is 4.75. The monoisotopic (exact) mass is 200 g/mol. The second-order valence-electron chi connectivity index (χ2n) is 3.49. The number of ether oxygens (including phenoxy) is 1. The Hall–Kier alpha value is -0.870. The highest BCUT2D eigenvalue weighted by Crippen LogP contribution is 2.30. The van der Waals surface area contributed by atoms with Crippen LogP contribution in [0.2, 0.25) is 0 Å². The van der Waals surface area contributed by atoms with Crippen LogP contribution in [-0.4, -0.2) is 36.0 Å². The molecule has 0 amide bonds. The average Bonchev–Trinajstić information content (AvgIpc) is 2.20. The molecular weight excluding hydrogens is 184 g/mol. The summed E-state index contributed by atoms with van der Waals surface area (Å²) >= 11 is 0. The van der Waals surface area contributed by atoms with Gasteiger partial charge in [0.25, 0.3) is 0 Å². The molecule has 1 fully saturated rings. The Labute approximate surface area is 83.2 Å². The topological polar surface area (TPSA) is 66.8 Å². The molecule has 0 bridgehead atoms. The van der Waals surface area contributed by atoms with Crippen LogP contribution in [-0.2, 0) is 9.53 Å². The van der Waals surface area contributed by atoms with E-state index in [-0.39, 0.29) is 31.0 Å². The molecule has 1 aliphatic rings. The number of aliphatic hydroxyl groups excluding tert-OH is 2. The zero-order valence-electron chi connectivity index (χ0n) is 8.06. The Kier molecular flexibility index (Phi) is 4.10. The number of carbonyl (C=O) groups excluding carboxylic acids is 1. The van der Waals surface area contributed by atoms with Gasteiger partial charge in [-0.15, -0.1) is 6.58 Å². The summed E-state index contributed by atoms with van der Waals surface area (Å²) in [6.45, 7) is 3.70. The van der Waals surface area contributed by atoms with Crippen molar-refractivity contribution in [3.05, 3.63) is 12.7 Å². The first-order chi connectivity index (χ1) is 6.74. The van der Waals surface area contributed by atoms with Crippen molar-refractivity contribution >= 4 is 5.97 Å². The van der Waals surface area contributed by atoms with Crippen molar-refractivity contribution in [1.29, 1.82) is 0 Å². The maximum Gasteiger partial charge on any atom is 0.311 e. The minimum atomic E-state index is -0.515. The molecule has 1 aliphatic heterocycles. The molecule has 0 radical (unpaired) electrons. The Bertz CT molecular complexity index is 214. The van der Waals surface area contributed by atoms with Crippen LogP contribution in [0.25, 0.3) is 0 Å². The summed E-state index contributed by atoms with van der Waals surface area (Å²) in [5.74, 6) is -1.08. The molecule has 2 N–H and O–H groups in total. The lowest BCUT2D eigenvalue weighted by molar-refractivity contribution is -0.160. The first kappa shape index (κ1) is 11.2. The van der Waals surface area contributed by atoms with E-state index in [0.29, 0.717) is 13.0 Å². The van der Waals surface area contributed by atoms with Gasteiger partial charge in [-0.1, -0.05) is 6.08 Å². The van der Waals surface area contributed by atoms with Crippen molar-refractivity contribution in [3.8, 4) is 0 Å². The molecule has 0 aromatic carbocycles. The Morgan fingerprint density at radius 1 is 1.64 bits per heavy atom. The van der Waals surface area contributed by atoms with E-state index in [4.69, 9.17) is 14.9 Å². The van der Waals surface area contributed by atoms with Gasteiger partial charge >= 0.3 is 5.97 Å². The third-order valence-electron chi connectivity index (χ3n) is 2.78. The van der Waals surface area contributed by atoms with Crippen LogP contribution in [0.15, 0.2) is 12.7 Å². The summed E-state index contributed by atoms with van der Waals surface area (Å²) in [4.78, 5) is 11.3. The summed E-state index contributed by atoms with van der Waals surface area (Å²) in [6, 6.07) is 0. The van der Waals surface area contributed by atoms with E-state index in [1.165, 1.54) is 0 Å². The molecule has 0 aromatic heterocycles. The van der Waals surface area contributed by atoms with Gasteiger partial charge in [-0.25, -0.2) is 0 Å². The summed E-state index contributed by atoms with van der Waals surface area (Å²) in [5, 5.41) is 18.1. The quantitative estimate of drug-likeness (QED) is 0.493. The molecule has 4 heteroatoms. The van der Waals surface area contributed by atoms with Crippen molar-refractivity contribution in [2.24, 2.45) is 17.8 Å². The lowest BCUT2D eigenvalue weighted by Gasteiger charge is -2.32. The van der Waals surface area contributed by atoms with Crippen LogP contribution in [0.5, 0.6) is 0 Å². The van der Waals surface area contributed by atoms with Gasteiger partial charge in [0.1, 0.15) is 0 Å². The highest BCUT2D eigenvalue weighted by molar-refractivity contribution is 5.73. The minimum absolute atomic E-state index is 0.0437. The van der Waals surface area contributed by atoms with Crippen molar-refractivity contribution in [2.45, 2.75) is 6.42 Å². The van der Waals surface area contributed by atoms with E-state index >= 15 is 0 Å². The average molecular weight is 200 g/mol. The van der Waals surface area contributed by atoms with Gasteiger partial charge in [-0.05, 0) is 12.3 Å². The standard InChI is InChI=1S/C10H16O4/c1-2-7(5-11)8-3-4-14-10(13)9(8)6-12/h2,7-9,11-12H,1,3-6H2/t7-,8-,9-/m0/s1. The van der Waals surface area contributed by atoms with Gasteiger partial charge < -0.3 is 14.9 Å². The molecule has 1 saturated heterocycles. The van der Waals surface area contributed by atoms with Gasteiger partial charge in [0.15, 0.2) is 0 Å². The van der Waals surface area contributed by atoms with Crippen molar-refractivity contribution in [3.63, 3.8) is 0 Å². The predicted molar refractivity (Wildman–Crippen MR) is 50.4 cm³/mol. The number of aliphatic hydroxyl groups is 2. The smallest absolute Gasteiger partial charge is 0.311 e. The third-order valence-corrected chi connectivity index (χ3v) is 2.78. The van der Waals surface area contributed by atoms with Gasteiger partial charge in [0.2, 0.25) is 0 Å². The molecule has 1 heterocycles. The zero-order chi connectivity index (χ0) is 10.6. The molecule has 0 saturated carbocycles. The summed E-state index contributed by atoms with van der Waals surface area (Å²) in [7, 11) is 0. The van der Waals surface area contributed by atoms with Gasteiger partial charge in [0, 0.05) is 12.5 Å². The maximum atomic E-state index is 11.3. The highest BCUT2D eigenvalue weighted by atomic mass is 16.5. The molecule has 0 unspecified atom stereocenters. The van der Waals surface area contributed by atoms with E-state index in [1.807, 2.05) is 0 Å². The van der Waals surface area contributed by atoms with E-state index in [2.05, 4.69) is 6.58 Å². The highest BCUT2D eigenvalue weighted by Gasteiger charge is 2.36. The van der Waals surface area contributed by atoms with Crippen LogP contribution in [0, 0.1) is 17.8 Å². The zero-order valence-corrected chi connectivity index (χ0v) is 8.06. The van der Waals surface area contributed by atoms with Crippen molar-refractivity contribution in [1.82, 2.24) is 0 Å². The van der Waals surface area contributed by atoms with E-state index in [9.17, 15) is 4.79 Å². The number of carbonyl (C=O) groups is 1. The molecular formula is C10H16O4. The lowest BCUT2D eigenvalue weighted by atomic mass is 9.79. The molecule has 0 aliphatic carbocycles.